The largest absolute Gasteiger partial charge is 0.496 e. The molecule has 0 N–H and O–H groups in total. The maximum absolute atomic E-state index is 5.82. The van der Waals surface area contributed by atoms with Gasteiger partial charge in [-0.15, -0.1) is 0 Å². The average molecular weight is 410 g/mol. The summed E-state index contributed by atoms with van der Waals surface area (Å²) in [6.07, 6.45) is 6.72. The molecule has 0 bridgehead atoms. The van der Waals surface area contributed by atoms with Crippen molar-refractivity contribution in [2.45, 2.75) is 20.8 Å². The fourth-order valence-electron chi connectivity index (χ4n) is 4.43. The second kappa shape index (κ2) is 9.19. The van der Waals surface area contributed by atoms with Crippen LogP contribution < -0.4 is 4.90 Å². The molecule has 1 aromatic carbocycles. The molecule has 2 aliphatic heterocycles. The Hall–Kier alpha value is -2.37. The maximum Gasteiger partial charge on any atom is 0.204 e. The zero-order valence-corrected chi connectivity index (χ0v) is 18.7. The lowest BCUT2D eigenvalue weighted by molar-refractivity contribution is -0.547. The van der Waals surface area contributed by atoms with Gasteiger partial charge in [0.1, 0.15) is 19.0 Å². The Labute approximate surface area is 179 Å². The summed E-state index contributed by atoms with van der Waals surface area (Å²) in [5, 5.41) is 0. The molecule has 0 saturated carbocycles. The zero-order valence-electron chi connectivity index (χ0n) is 18.7. The minimum Gasteiger partial charge on any atom is -0.496 e. The Morgan fingerprint density at radius 1 is 0.933 bits per heavy atom. The molecule has 2 heterocycles. The van der Waals surface area contributed by atoms with Gasteiger partial charge in [0.05, 0.1) is 26.4 Å². The lowest BCUT2D eigenvalue weighted by Crippen LogP contribution is -2.36. The summed E-state index contributed by atoms with van der Waals surface area (Å²) in [5.74, 6) is 0.924. The molecule has 5 heteroatoms. The lowest BCUT2D eigenvalue weighted by atomic mass is 9.92. The van der Waals surface area contributed by atoms with Gasteiger partial charge in [-0.05, 0) is 61.2 Å². The molecule has 1 aliphatic carbocycles. The van der Waals surface area contributed by atoms with Crippen molar-refractivity contribution in [1.82, 2.24) is 0 Å². The molecule has 2 fully saturated rings. The van der Waals surface area contributed by atoms with Crippen LogP contribution in [0.4, 0.5) is 5.69 Å². The van der Waals surface area contributed by atoms with Gasteiger partial charge in [-0.1, -0.05) is 0 Å². The number of hydrogen-bond donors (Lipinski definition) is 0. The third-order valence-electron chi connectivity index (χ3n) is 6.17. The predicted molar refractivity (Wildman–Crippen MR) is 122 cm³/mol. The van der Waals surface area contributed by atoms with E-state index in [1.165, 1.54) is 33.7 Å². The van der Waals surface area contributed by atoms with Crippen LogP contribution in [0.1, 0.15) is 23.6 Å². The van der Waals surface area contributed by atoms with Gasteiger partial charge in [0.25, 0.3) is 0 Å². The number of anilines is 1. The zero-order chi connectivity index (χ0) is 21.1. The van der Waals surface area contributed by atoms with Crippen molar-refractivity contribution < 1.29 is 18.8 Å². The fraction of sp³-hybridized carbons (Fsp3) is 0.480. The van der Waals surface area contributed by atoms with Crippen LogP contribution in [0.3, 0.4) is 0 Å². The Morgan fingerprint density at radius 3 is 2.20 bits per heavy atom. The number of nitrogens with zero attached hydrogens (tertiary/aromatic N) is 2. The minimum atomic E-state index is 0.781. The van der Waals surface area contributed by atoms with Crippen LogP contribution in [-0.4, -0.2) is 70.0 Å². The van der Waals surface area contributed by atoms with Crippen molar-refractivity contribution in [3.63, 3.8) is 0 Å². The van der Waals surface area contributed by atoms with E-state index in [2.05, 4.69) is 60.6 Å². The Morgan fingerprint density at radius 2 is 1.57 bits per heavy atom. The van der Waals surface area contributed by atoms with Gasteiger partial charge in [-0.2, -0.15) is 0 Å². The molecule has 5 nitrogen and oxygen atoms in total. The number of ether oxygens (including phenoxy) is 3. The molecule has 0 radical (unpaired) electrons. The number of allylic oxidation sites excluding steroid dienone is 3. The van der Waals surface area contributed by atoms with Crippen molar-refractivity contribution in [1.29, 1.82) is 0 Å². The predicted octanol–water partition coefficient (Wildman–Crippen LogP) is 3.50. The highest BCUT2D eigenvalue weighted by molar-refractivity contribution is 6.04. The summed E-state index contributed by atoms with van der Waals surface area (Å²) in [7, 11) is 1.76. The van der Waals surface area contributed by atoms with E-state index in [0.29, 0.717) is 0 Å². The first kappa shape index (κ1) is 20.9. The third-order valence-corrected chi connectivity index (χ3v) is 6.17. The number of rotatable bonds is 3. The Kier molecular flexibility index (Phi) is 6.40. The van der Waals surface area contributed by atoms with Crippen LogP contribution in [0.5, 0.6) is 0 Å². The highest BCUT2D eigenvalue weighted by Gasteiger charge is 2.23. The van der Waals surface area contributed by atoms with Gasteiger partial charge in [0, 0.05) is 30.4 Å². The topological polar surface area (TPSA) is 33.9 Å². The lowest BCUT2D eigenvalue weighted by Gasteiger charge is -2.30. The van der Waals surface area contributed by atoms with E-state index in [-0.39, 0.29) is 0 Å². The van der Waals surface area contributed by atoms with Gasteiger partial charge in [0.2, 0.25) is 5.71 Å². The summed E-state index contributed by atoms with van der Waals surface area (Å²) in [6, 6.07) is 4.60. The summed E-state index contributed by atoms with van der Waals surface area (Å²) in [4.78, 5) is 2.41. The quantitative estimate of drug-likeness (QED) is 0.716. The van der Waals surface area contributed by atoms with E-state index in [1.54, 1.807) is 7.11 Å². The van der Waals surface area contributed by atoms with Crippen molar-refractivity contribution in [3.8, 4) is 0 Å². The summed E-state index contributed by atoms with van der Waals surface area (Å²) < 4.78 is 19.2. The number of benzene rings is 1. The summed E-state index contributed by atoms with van der Waals surface area (Å²) in [5.41, 5.74) is 8.72. The monoisotopic (exact) mass is 409 g/mol. The van der Waals surface area contributed by atoms with E-state index >= 15 is 0 Å². The van der Waals surface area contributed by atoms with Crippen molar-refractivity contribution in [3.05, 3.63) is 57.9 Å². The summed E-state index contributed by atoms with van der Waals surface area (Å²) >= 11 is 0. The first-order chi connectivity index (χ1) is 14.6. The molecule has 2 saturated heterocycles. The first-order valence-corrected chi connectivity index (χ1v) is 10.9. The number of morpholine rings is 2. The van der Waals surface area contributed by atoms with Gasteiger partial charge >= 0.3 is 0 Å². The molecule has 160 valence electrons. The molecule has 3 aliphatic rings. The summed E-state index contributed by atoms with van der Waals surface area (Å²) in [6.45, 7) is 13.5. The molecule has 1 aromatic rings. The van der Waals surface area contributed by atoms with Crippen LogP contribution in [0.2, 0.25) is 0 Å². The van der Waals surface area contributed by atoms with Crippen LogP contribution in [0, 0.1) is 13.8 Å². The molecule has 0 spiro atoms. The van der Waals surface area contributed by atoms with E-state index in [0.717, 1.165) is 63.9 Å². The molecule has 0 unspecified atom stereocenters. The van der Waals surface area contributed by atoms with Crippen LogP contribution in [0.25, 0.3) is 6.08 Å². The Balaban J connectivity index is 1.68. The molecule has 0 amide bonds. The van der Waals surface area contributed by atoms with Crippen molar-refractivity contribution >= 4 is 17.5 Å². The number of aryl methyl sites for hydroxylation is 2. The van der Waals surface area contributed by atoms with Crippen molar-refractivity contribution in [2.24, 2.45) is 0 Å². The molecule has 4 rings (SSSR count). The fourth-order valence-corrected chi connectivity index (χ4v) is 4.43. The molecular weight excluding hydrogens is 376 g/mol. The average Bonchev–Trinajstić information content (AvgIpc) is 2.77. The van der Waals surface area contributed by atoms with Crippen LogP contribution in [-0.2, 0) is 14.2 Å². The second-order valence-electron chi connectivity index (χ2n) is 8.22. The van der Waals surface area contributed by atoms with Gasteiger partial charge in [-0.25, -0.2) is 4.58 Å². The SMILES string of the molecule is COC1=CC(=[N+]2CCOCC2)C=C(C)C1=Cc1c(C)cc(N2CCOCC2)cc1C. The second-order valence-corrected chi connectivity index (χ2v) is 8.22. The van der Waals surface area contributed by atoms with Crippen molar-refractivity contribution in [2.75, 3.05) is 64.6 Å². The first-order valence-electron chi connectivity index (χ1n) is 10.9. The van der Waals surface area contributed by atoms with E-state index < -0.39 is 0 Å². The molecule has 30 heavy (non-hydrogen) atoms. The van der Waals surface area contributed by atoms with E-state index in [1.807, 2.05) is 0 Å². The molecule has 0 aromatic heterocycles. The number of methoxy groups -OCH3 is 1. The molecule has 0 atom stereocenters. The number of hydrogen-bond acceptors (Lipinski definition) is 4. The maximum atomic E-state index is 5.82. The van der Waals surface area contributed by atoms with Crippen LogP contribution in [0.15, 0.2) is 41.2 Å². The highest BCUT2D eigenvalue weighted by atomic mass is 16.5. The standard InChI is InChI=1S/C25H33N2O3/c1-18-13-21(26-5-9-29-10-6-26)14-19(2)23(18)17-24-20(3)15-22(16-25(24)28-4)27-7-11-30-12-8-27/h13-17H,5-12H2,1-4H3/q+1. The smallest absolute Gasteiger partial charge is 0.204 e. The highest BCUT2D eigenvalue weighted by Crippen LogP contribution is 2.31. The normalized spacial score (nSPS) is 21.6. The van der Waals surface area contributed by atoms with Gasteiger partial charge in [-0.3, -0.25) is 0 Å². The van der Waals surface area contributed by atoms with E-state index in [4.69, 9.17) is 14.2 Å². The van der Waals surface area contributed by atoms with E-state index in [9.17, 15) is 0 Å². The van der Waals surface area contributed by atoms with Gasteiger partial charge < -0.3 is 19.1 Å². The minimum absolute atomic E-state index is 0.781. The molecular formula is C25H33N2O3+. The van der Waals surface area contributed by atoms with Gasteiger partial charge in [0.15, 0.2) is 13.1 Å². The third kappa shape index (κ3) is 4.37. The van der Waals surface area contributed by atoms with Crippen LogP contribution >= 0.6 is 0 Å². The Bertz CT molecular complexity index is 903.